The highest BCUT2D eigenvalue weighted by Crippen LogP contribution is 2.30. The van der Waals surface area contributed by atoms with Gasteiger partial charge in [-0.25, -0.2) is 13.6 Å². The summed E-state index contributed by atoms with van der Waals surface area (Å²) in [5, 5.41) is 2.40. The van der Waals surface area contributed by atoms with Crippen molar-refractivity contribution < 1.29 is 18.3 Å². The molecule has 0 spiro atoms. The van der Waals surface area contributed by atoms with Crippen LogP contribution in [0.4, 0.5) is 19.3 Å². The summed E-state index contributed by atoms with van der Waals surface area (Å²) < 4.78 is 31.5. The molecule has 1 amide bonds. The van der Waals surface area contributed by atoms with Gasteiger partial charge in [-0.05, 0) is 39.2 Å². The van der Waals surface area contributed by atoms with Crippen LogP contribution < -0.4 is 5.32 Å². The molecular formula is C12H15F2NO2S. The molecule has 0 saturated heterocycles. The van der Waals surface area contributed by atoms with Crippen molar-refractivity contribution in [2.24, 2.45) is 0 Å². The molecule has 0 radical (unpaired) electrons. The van der Waals surface area contributed by atoms with Crippen molar-refractivity contribution in [1.29, 1.82) is 0 Å². The van der Waals surface area contributed by atoms with E-state index in [-0.39, 0.29) is 10.6 Å². The second-order valence-electron chi connectivity index (χ2n) is 4.57. The molecule has 0 aliphatic carbocycles. The molecule has 3 nitrogen and oxygen atoms in total. The van der Waals surface area contributed by atoms with Gasteiger partial charge in [-0.1, -0.05) is 0 Å². The third kappa shape index (κ3) is 3.87. The van der Waals surface area contributed by atoms with Gasteiger partial charge in [0.05, 0.1) is 10.6 Å². The summed E-state index contributed by atoms with van der Waals surface area (Å²) in [4.78, 5) is 11.6. The second-order valence-corrected chi connectivity index (χ2v) is 5.39. The van der Waals surface area contributed by atoms with E-state index in [1.54, 1.807) is 27.0 Å². The predicted octanol–water partition coefficient (Wildman–Crippen LogP) is 4.03. The normalized spacial score (nSPS) is 11.2. The first kappa shape index (κ1) is 14.8. The maximum Gasteiger partial charge on any atom is 0.412 e. The lowest BCUT2D eigenvalue weighted by molar-refractivity contribution is 0.0635. The number of amides is 1. The summed E-state index contributed by atoms with van der Waals surface area (Å²) in [6.45, 7) is 5.15. The van der Waals surface area contributed by atoms with Crippen molar-refractivity contribution >= 4 is 23.5 Å². The number of benzene rings is 1. The zero-order chi connectivity index (χ0) is 13.9. The SMILES string of the molecule is CSc1c(NC(=O)OC(C)(C)C)ccc(F)c1F. The van der Waals surface area contributed by atoms with Crippen LogP contribution in [0.15, 0.2) is 17.0 Å². The van der Waals surface area contributed by atoms with E-state index in [0.717, 1.165) is 17.8 Å². The fourth-order valence-electron chi connectivity index (χ4n) is 1.24. The maximum atomic E-state index is 13.5. The number of rotatable bonds is 2. The van der Waals surface area contributed by atoms with Crippen LogP contribution in [-0.2, 0) is 4.74 Å². The van der Waals surface area contributed by atoms with Gasteiger partial charge in [0.25, 0.3) is 0 Å². The average molecular weight is 275 g/mol. The fourth-order valence-corrected chi connectivity index (χ4v) is 1.86. The highest BCUT2D eigenvalue weighted by molar-refractivity contribution is 7.98. The third-order valence-corrected chi connectivity index (χ3v) is 2.70. The molecule has 100 valence electrons. The Balaban J connectivity index is 2.92. The molecule has 0 fully saturated rings. The fraction of sp³-hybridized carbons (Fsp3) is 0.417. The van der Waals surface area contributed by atoms with Gasteiger partial charge in [-0.2, -0.15) is 0 Å². The smallest absolute Gasteiger partial charge is 0.412 e. The first-order chi connectivity index (χ1) is 8.24. The molecule has 1 rings (SSSR count). The van der Waals surface area contributed by atoms with E-state index in [1.807, 2.05) is 0 Å². The Morgan fingerprint density at radius 2 is 1.94 bits per heavy atom. The van der Waals surface area contributed by atoms with Gasteiger partial charge in [-0.3, -0.25) is 5.32 Å². The molecule has 0 bridgehead atoms. The highest BCUT2D eigenvalue weighted by atomic mass is 32.2. The number of hydrogen-bond acceptors (Lipinski definition) is 3. The Morgan fingerprint density at radius 1 is 1.33 bits per heavy atom. The lowest BCUT2D eigenvalue weighted by atomic mass is 10.2. The molecule has 0 heterocycles. The standard InChI is InChI=1S/C12H15F2NO2S/c1-12(2,3)17-11(16)15-8-6-5-7(13)9(14)10(8)18-4/h5-6H,1-4H3,(H,15,16). The van der Waals surface area contributed by atoms with Crippen molar-refractivity contribution in [2.45, 2.75) is 31.3 Å². The summed E-state index contributed by atoms with van der Waals surface area (Å²) in [6, 6.07) is 2.26. The topological polar surface area (TPSA) is 38.3 Å². The quantitative estimate of drug-likeness (QED) is 0.828. The highest BCUT2D eigenvalue weighted by Gasteiger charge is 2.19. The minimum absolute atomic E-state index is 0.0425. The Labute approximate surface area is 109 Å². The monoisotopic (exact) mass is 275 g/mol. The van der Waals surface area contributed by atoms with Crippen molar-refractivity contribution in [2.75, 3.05) is 11.6 Å². The van der Waals surface area contributed by atoms with Crippen LogP contribution in [0.2, 0.25) is 0 Å². The van der Waals surface area contributed by atoms with Gasteiger partial charge >= 0.3 is 6.09 Å². The summed E-state index contributed by atoms with van der Waals surface area (Å²) in [7, 11) is 0. The van der Waals surface area contributed by atoms with Gasteiger partial charge in [0.1, 0.15) is 5.60 Å². The number of thioether (sulfide) groups is 1. The Kier molecular flexibility index (Phi) is 4.56. The van der Waals surface area contributed by atoms with Crippen molar-refractivity contribution in [3.8, 4) is 0 Å². The molecule has 1 aromatic carbocycles. The number of carbonyl (C=O) groups excluding carboxylic acids is 1. The van der Waals surface area contributed by atoms with Gasteiger partial charge < -0.3 is 4.74 Å². The van der Waals surface area contributed by atoms with Crippen LogP contribution in [0.3, 0.4) is 0 Å². The van der Waals surface area contributed by atoms with Gasteiger partial charge in [0, 0.05) is 0 Å². The molecule has 1 N–H and O–H groups in total. The summed E-state index contributed by atoms with van der Waals surface area (Å²) in [5.41, 5.74) is -0.460. The van der Waals surface area contributed by atoms with Gasteiger partial charge in [0.15, 0.2) is 11.6 Å². The predicted molar refractivity (Wildman–Crippen MR) is 68.0 cm³/mol. The van der Waals surface area contributed by atoms with Crippen LogP contribution in [0, 0.1) is 11.6 Å². The number of carbonyl (C=O) groups is 1. The molecule has 6 heteroatoms. The second kappa shape index (κ2) is 5.56. The van der Waals surface area contributed by atoms with Crippen molar-refractivity contribution in [1.82, 2.24) is 0 Å². The first-order valence-electron chi connectivity index (χ1n) is 5.26. The zero-order valence-electron chi connectivity index (χ0n) is 10.6. The van der Waals surface area contributed by atoms with E-state index in [0.29, 0.717) is 0 Å². The Bertz CT molecular complexity index is 458. The minimum Gasteiger partial charge on any atom is -0.444 e. The average Bonchev–Trinajstić information content (AvgIpc) is 2.21. The molecule has 0 atom stereocenters. The Morgan fingerprint density at radius 3 is 2.44 bits per heavy atom. The first-order valence-corrected chi connectivity index (χ1v) is 6.49. The number of halogens is 2. The maximum absolute atomic E-state index is 13.5. The molecule has 0 aliphatic rings. The third-order valence-electron chi connectivity index (χ3n) is 1.89. The van der Waals surface area contributed by atoms with E-state index in [9.17, 15) is 13.6 Å². The number of nitrogens with one attached hydrogen (secondary N) is 1. The van der Waals surface area contributed by atoms with Crippen LogP contribution in [0.5, 0.6) is 0 Å². The molecular weight excluding hydrogens is 260 g/mol. The van der Waals surface area contributed by atoms with E-state index >= 15 is 0 Å². The van der Waals surface area contributed by atoms with Gasteiger partial charge in [0.2, 0.25) is 0 Å². The largest absolute Gasteiger partial charge is 0.444 e. The van der Waals surface area contributed by atoms with E-state index in [1.165, 1.54) is 6.07 Å². The number of hydrogen-bond donors (Lipinski definition) is 1. The Hall–Kier alpha value is -1.30. The van der Waals surface area contributed by atoms with Crippen LogP contribution in [0.25, 0.3) is 0 Å². The van der Waals surface area contributed by atoms with Crippen LogP contribution in [-0.4, -0.2) is 18.0 Å². The molecule has 18 heavy (non-hydrogen) atoms. The number of ether oxygens (including phenoxy) is 1. The number of anilines is 1. The van der Waals surface area contributed by atoms with E-state index in [4.69, 9.17) is 4.74 Å². The van der Waals surface area contributed by atoms with Crippen molar-refractivity contribution in [3.63, 3.8) is 0 Å². The van der Waals surface area contributed by atoms with Crippen LogP contribution in [0.1, 0.15) is 20.8 Å². The van der Waals surface area contributed by atoms with E-state index < -0.39 is 23.3 Å². The molecule has 0 unspecified atom stereocenters. The molecule has 0 aliphatic heterocycles. The summed E-state index contributed by atoms with van der Waals surface area (Å²) >= 11 is 1.01. The minimum atomic E-state index is -0.976. The van der Waals surface area contributed by atoms with Crippen LogP contribution >= 0.6 is 11.8 Å². The van der Waals surface area contributed by atoms with Crippen molar-refractivity contribution in [3.05, 3.63) is 23.8 Å². The lowest BCUT2D eigenvalue weighted by Crippen LogP contribution is -2.27. The van der Waals surface area contributed by atoms with E-state index in [2.05, 4.69) is 5.32 Å². The lowest BCUT2D eigenvalue weighted by Gasteiger charge is -2.20. The summed E-state index contributed by atoms with van der Waals surface area (Å²) in [6.07, 6.45) is 0.891. The molecule has 0 saturated carbocycles. The van der Waals surface area contributed by atoms with Gasteiger partial charge in [-0.15, -0.1) is 11.8 Å². The molecule has 1 aromatic rings. The summed E-state index contributed by atoms with van der Waals surface area (Å²) in [5.74, 6) is -1.93. The molecule has 0 aromatic heterocycles. The zero-order valence-corrected chi connectivity index (χ0v) is 11.5.